The Morgan fingerprint density at radius 1 is 0.750 bits per heavy atom. The molecule has 0 aliphatic rings. The number of rotatable bonds is 5. The summed E-state index contributed by atoms with van der Waals surface area (Å²) in [6, 6.07) is 26.3. The summed E-state index contributed by atoms with van der Waals surface area (Å²) in [7, 11) is -4.28. The molecule has 0 fully saturated rings. The Balaban J connectivity index is 2.02. The highest BCUT2D eigenvalue weighted by Crippen LogP contribution is 2.44. The highest BCUT2D eigenvalue weighted by molar-refractivity contribution is 7.98. The zero-order valence-corrected chi connectivity index (χ0v) is 15.2. The van der Waals surface area contributed by atoms with Gasteiger partial charge in [-0.3, -0.25) is 4.21 Å². The van der Waals surface area contributed by atoms with Crippen LogP contribution in [0.4, 0.5) is 0 Å². The molecule has 1 unspecified atom stereocenters. The predicted molar refractivity (Wildman–Crippen MR) is 102 cm³/mol. The van der Waals surface area contributed by atoms with Crippen LogP contribution in [0, 0.1) is 6.92 Å². The number of aryl methyl sites for hydroxylation is 1. The molecule has 0 aliphatic carbocycles. The van der Waals surface area contributed by atoms with Gasteiger partial charge < -0.3 is 4.57 Å². The van der Waals surface area contributed by atoms with Gasteiger partial charge in [0.05, 0.1) is 16.3 Å². The SMILES string of the molecule is Cc1ccc(S(=O)CP(=O)(c2ccccc2)c2ccccc2)cc1. The smallest absolute Gasteiger partial charge is 0.155 e. The largest absolute Gasteiger partial charge is 0.313 e. The second-order valence-electron chi connectivity index (χ2n) is 5.70. The van der Waals surface area contributed by atoms with Crippen molar-refractivity contribution in [3.63, 3.8) is 0 Å². The Morgan fingerprint density at radius 2 is 1.21 bits per heavy atom. The quantitative estimate of drug-likeness (QED) is 0.647. The average Bonchev–Trinajstić information content (AvgIpc) is 2.63. The number of benzene rings is 3. The van der Waals surface area contributed by atoms with Gasteiger partial charge >= 0.3 is 0 Å². The van der Waals surface area contributed by atoms with E-state index in [1.54, 1.807) is 0 Å². The van der Waals surface area contributed by atoms with Crippen molar-refractivity contribution >= 4 is 28.6 Å². The van der Waals surface area contributed by atoms with Crippen LogP contribution in [0.2, 0.25) is 0 Å². The Labute approximate surface area is 145 Å². The predicted octanol–water partition coefficient (Wildman–Crippen LogP) is 4.07. The van der Waals surface area contributed by atoms with E-state index in [1.807, 2.05) is 91.9 Å². The lowest BCUT2D eigenvalue weighted by atomic mass is 10.2. The van der Waals surface area contributed by atoms with E-state index in [9.17, 15) is 8.77 Å². The summed E-state index contributed by atoms with van der Waals surface area (Å²) in [6.45, 7) is 1.99. The first-order valence-electron chi connectivity index (χ1n) is 7.75. The van der Waals surface area contributed by atoms with Gasteiger partial charge in [-0.1, -0.05) is 78.4 Å². The Bertz CT molecular complexity index is 831. The summed E-state index contributed by atoms with van der Waals surface area (Å²) in [5.74, 6) is 0. The van der Waals surface area contributed by atoms with E-state index in [1.165, 1.54) is 0 Å². The second-order valence-corrected chi connectivity index (χ2v) is 10.4. The Morgan fingerprint density at radius 3 is 1.67 bits per heavy atom. The summed E-state index contributed by atoms with van der Waals surface area (Å²) in [5, 5.41) is 1.49. The molecule has 3 aromatic carbocycles. The maximum absolute atomic E-state index is 13.9. The highest BCUT2D eigenvalue weighted by Gasteiger charge is 2.30. The van der Waals surface area contributed by atoms with Crippen molar-refractivity contribution < 1.29 is 8.77 Å². The van der Waals surface area contributed by atoms with Crippen molar-refractivity contribution in [2.75, 3.05) is 5.49 Å². The molecule has 0 aliphatic heterocycles. The molecule has 0 radical (unpaired) electrons. The van der Waals surface area contributed by atoms with Crippen LogP contribution in [0.25, 0.3) is 0 Å². The van der Waals surface area contributed by atoms with Gasteiger partial charge in [0.15, 0.2) is 7.14 Å². The minimum Gasteiger partial charge on any atom is -0.313 e. The first-order chi connectivity index (χ1) is 11.6. The van der Waals surface area contributed by atoms with Crippen LogP contribution >= 0.6 is 7.14 Å². The van der Waals surface area contributed by atoms with E-state index in [4.69, 9.17) is 0 Å². The molecule has 0 heterocycles. The third-order valence-electron chi connectivity index (χ3n) is 3.93. The minimum atomic E-state index is -2.96. The van der Waals surface area contributed by atoms with Crippen LogP contribution in [-0.4, -0.2) is 9.70 Å². The Kier molecular flexibility index (Phi) is 5.13. The molecule has 0 saturated carbocycles. The normalized spacial score (nSPS) is 12.7. The summed E-state index contributed by atoms with van der Waals surface area (Å²) in [6.07, 6.45) is 0. The zero-order valence-electron chi connectivity index (χ0n) is 13.5. The van der Waals surface area contributed by atoms with Gasteiger partial charge in [-0.15, -0.1) is 0 Å². The molecular formula is C20H19O2PS. The van der Waals surface area contributed by atoms with E-state index in [2.05, 4.69) is 0 Å². The average molecular weight is 354 g/mol. The zero-order chi connectivity index (χ0) is 17.0. The van der Waals surface area contributed by atoms with Gasteiger partial charge in [-0.25, -0.2) is 0 Å². The van der Waals surface area contributed by atoms with Crippen LogP contribution in [0.5, 0.6) is 0 Å². The lowest BCUT2D eigenvalue weighted by Gasteiger charge is -2.19. The third kappa shape index (κ3) is 3.58. The monoisotopic (exact) mass is 354 g/mol. The molecule has 0 bridgehead atoms. The number of hydrogen-bond acceptors (Lipinski definition) is 2. The van der Waals surface area contributed by atoms with Crippen LogP contribution in [-0.2, 0) is 15.4 Å². The molecule has 4 heteroatoms. The van der Waals surface area contributed by atoms with Crippen molar-refractivity contribution in [1.29, 1.82) is 0 Å². The van der Waals surface area contributed by atoms with Crippen molar-refractivity contribution in [1.82, 2.24) is 0 Å². The summed E-state index contributed by atoms with van der Waals surface area (Å²) < 4.78 is 26.7. The van der Waals surface area contributed by atoms with E-state index < -0.39 is 17.9 Å². The highest BCUT2D eigenvalue weighted by atomic mass is 32.2. The fourth-order valence-corrected chi connectivity index (χ4v) is 7.72. The lowest BCUT2D eigenvalue weighted by Crippen LogP contribution is -2.20. The van der Waals surface area contributed by atoms with Gasteiger partial charge in [0, 0.05) is 15.5 Å². The Hall–Kier alpha value is -1.96. The van der Waals surface area contributed by atoms with Crippen LogP contribution in [0.3, 0.4) is 0 Å². The van der Waals surface area contributed by atoms with Crippen molar-refractivity contribution in [3.05, 3.63) is 90.5 Å². The molecule has 3 rings (SSSR count). The van der Waals surface area contributed by atoms with Crippen molar-refractivity contribution in [2.45, 2.75) is 11.8 Å². The maximum atomic E-state index is 13.9. The standard InChI is InChI=1S/C20H19O2PS/c1-17-12-14-20(15-13-17)24(22)16-23(21,18-8-4-2-5-9-18)19-10-6-3-7-11-19/h2-15H,16H2,1H3. The van der Waals surface area contributed by atoms with Crippen molar-refractivity contribution in [2.24, 2.45) is 0 Å². The van der Waals surface area contributed by atoms with E-state index in [0.717, 1.165) is 16.2 Å². The van der Waals surface area contributed by atoms with Gasteiger partial charge in [0.1, 0.15) is 0 Å². The summed E-state index contributed by atoms with van der Waals surface area (Å²) in [4.78, 5) is 0.715. The van der Waals surface area contributed by atoms with Crippen LogP contribution in [0.1, 0.15) is 5.56 Å². The van der Waals surface area contributed by atoms with E-state index >= 15 is 0 Å². The van der Waals surface area contributed by atoms with Gasteiger partial charge in [0.2, 0.25) is 0 Å². The molecule has 24 heavy (non-hydrogen) atoms. The molecule has 0 spiro atoms. The molecule has 3 aromatic rings. The molecular weight excluding hydrogens is 335 g/mol. The second kappa shape index (κ2) is 7.29. The van der Waals surface area contributed by atoms with Crippen molar-refractivity contribution in [3.8, 4) is 0 Å². The topological polar surface area (TPSA) is 34.1 Å². The maximum Gasteiger partial charge on any atom is 0.155 e. The number of hydrogen-bond donors (Lipinski definition) is 0. The first-order valence-corrected chi connectivity index (χ1v) is 11.0. The van der Waals surface area contributed by atoms with Gasteiger partial charge in [0.25, 0.3) is 0 Å². The lowest BCUT2D eigenvalue weighted by molar-refractivity contribution is 0.589. The van der Waals surface area contributed by atoms with Gasteiger partial charge in [-0.05, 0) is 19.1 Å². The first kappa shape index (κ1) is 16.9. The molecule has 0 aromatic heterocycles. The third-order valence-corrected chi connectivity index (χ3v) is 9.38. The van der Waals surface area contributed by atoms with Gasteiger partial charge in [-0.2, -0.15) is 0 Å². The molecule has 0 N–H and O–H groups in total. The molecule has 122 valence electrons. The summed E-state index contributed by atoms with van der Waals surface area (Å²) >= 11 is 0. The minimum absolute atomic E-state index is 0.115. The van der Waals surface area contributed by atoms with Crippen LogP contribution in [0.15, 0.2) is 89.8 Å². The molecule has 0 saturated heterocycles. The molecule has 1 atom stereocenters. The fraction of sp³-hybridized carbons (Fsp3) is 0.100. The van der Waals surface area contributed by atoms with E-state index in [-0.39, 0.29) is 5.49 Å². The molecule has 2 nitrogen and oxygen atoms in total. The van der Waals surface area contributed by atoms with E-state index in [0.29, 0.717) is 4.90 Å². The van der Waals surface area contributed by atoms with Crippen LogP contribution < -0.4 is 10.6 Å². The molecule has 0 amide bonds. The summed E-state index contributed by atoms with van der Waals surface area (Å²) in [5.41, 5.74) is 1.23. The fourth-order valence-electron chi connectivity index (χ4n) is 2.57.